The van der Waals surface area contributed by atoms with Gasteiger partial charge in [0.15, 0.2) is 0 Å². The molecule has 0 saturated carbocycles. The van der Waals surface area contributed by atoms with Crippen LogP contribution in [0.25, 0.3) is 0 Å². The summed E-state index contributed by atoms with van der Waals surface area (Å²) < 4.78 is 1.36. The van der Waals surface area contributed by atoms with E-state index in [0.717, 1.165) is 16.7 Å². The summed E-state index contributed by atoms with van der Waals surface area (Å²) in [4.78, 5) is 29.8. The molecule has 0 fully saturated rings. The van der Waals surface area contributed by atoms with Gasteiger partial charge < -0.3 is 10.6 Å². The maximum atomic E-state index is 13.0. The van der Waals surface area contributed by atoms with Crippen LogP contribution in [0.15, 0.2) is 94.5 Å². The molecule has 7 nitrogen and oxygen atoms in total. The smallest absolute Gasteiger partial charge is 0.330 e. The van der Waals surface area contributed by atoms with Gasteiger partial charge >= 0.3 is 5.69 Å². The maximum Gasteiger partial charge on any atom is 0.330 e. The Bertz CT molecular complexity index is 1400. The van der Waals surface area contributed by atoms with E-state index in [4.69, 9.17) is 5.73 Å². The summed E-state index contributed by atoms with van der Waals surface area (Å²) in [6.45, 7) is 0.871. The number of aromatic nitrogens is 2. The third-order valence-corrected chi connectivity index (χ3v) is 5.43. The van der Waals surface area contributed by atoms with Crippen molar-refractivity contribution < 1.29 is 0 Å². The number of nitrogen functional groups attached to an aromatic ring is 1. The van der Waals surface area contributed by atoms with Crippen molar-refractivity contribution in [3.8, 4) is 6.07 Å². The first-order valence-corrected chi connectivity index (χ1v) is 10.5. The molecule has 164 valence electrons. The Morgan fingerprint density at radius 2 is 1.45 bits per heavy atom. The van der Waals surface area contributed by atoms with Crippen molar-refractivity contribution in [1.82, 2.24) is 9.55 Å². The first-order chi connectivity index (χ1) is 16.1. The van der Waals surface area contributed by atoms with Gasteiger partial charge in [-0.3, -0.25) is 14.3 Å². The number of nitrogens with one attached hydrogen (secondary N) is 1. The quantitative estimate of drug-likeness (QED) is 0.461. The van der Waals surface area contributed by atoms with Gasteiger partial charge in [0.1, 0.15) is 11.5 Å². The minimum absolute atomic E-state index is 0.0815. The van der Waals surface area contributed by atoms with E-state index in [1.807, 2.05) is 72.8 Å². The minimum atomic E-state index is -0.567. The fourth-order valence-corrected chi connectivity index (χ4v) is 3.80. The van der Waals surface area contributed by atoms with Crippen LogP contribution in [0.1, 0.15) is 22.3 Å². The summed E-state index contributed by atoms with van der Waals surface area (Å²) in [5, 5.41) is 9.54. The summed E-state index contributed by atoms with van der Waals surface area (Å²) in [5.41, 5.74) is 8.64. The Morgan fingerprint density at radius 1 is 0.848 bits per heavy atom. The lowest BCUT2D eigenvalue weighted by atomic mass is 10.1. The number of H-pyrrole nitrogens is 1. The van der Waals surface area contributed by atoms with Crippen LogP contribution in [0.2, 0.25) is 0 Å². The van der Waals surface area contributed by atoms with E-state index >= 15 is 0 Å². The molecule has 7 heteroatoms. The zero-order chi connectivity index (χ0) is 23.2. The SMILES string of the molecule is N#Cc1ccccc1CN(Cc1ccccc1)c1c(N)n(Cc2ccccc2)c(=O)[nH]c1=O. The van der Waals surface area contributed by atoms with Gasteiger partial charge in [0, 0.05) is 13.1 Å². The number of nitrogens with zero attached hydrogens (tertiary/aromatic N) is 3. The van der Waals surface area contributed by atoms with E-state index in [1.165, 1.54) is 4.57 Å². The van der Waals surface area contributed by atoms with E-state index < -0.39 is 11.2 Å². The molecule has 1 heterocycles. The summed E-state index contributed by atoms with van der Waals surface area (Å²) in [6.07, 6.45) is 0. The zero-order valence-corrected chi connectivity index (χ0v) is 17.9. The Labute approximate surface area is 191 Å². The molecule has 0 unspecified atom stereocenters. The predicted octanol–water partition coefficient (Wildman–Crippen LogP) is 3.25. The maximum absolute atomic E-state index is 13.0. The van der Waals surface area contributed by atoms with Crippen molar-refractivity contribution in [2.75, 3.05) is 10.6 Å². The topological polar surface area (TPSA) is 108 Å². The standard InChI is InChI=1S/C26H23N5O2/c27-15-21-13-7-8-14-22(21)18-30(16-19-9-3-1-4-10-19)23-24(28)31(26(33)29-25(23)32)17-20-11-5-2-6-12-20/h1-14H,16-18,28H2,(H,29,32,33). The second-order valence-electron chi connectivity index (χ2n) is 7.68. The highest BCUT2D eigenvalue weighted by molar-refractivity contribution is 5.63. The van der Waals surface area contributed by atoms with Gasteiger partial charge in [-0.2, -0.15) is 5.26 Å². The number of aromatic amines is 1. The van der Waals surface area contributed by atoms with E-state index in [-0.39, 0.29) is 24.6 Å². The lowest BCUT2D eigenvalue weighted by molar-refractivity contribution is 0.712. The molecular weight excluding hydrogens is 414 g/mol. The molecule has 0 atom stereocenters. The molecular formula is C26H23N5O2. The fourth-order valence-electron chi connectivity index (χ4n) is 3.80. The van der Waals surface area contributed by atoms with Crippen LogP contribution in [0.3, 0.4) is 0 Å². The highest BCUT2D eigenvalue weighted by Crippen LogP contribution is 2.23. The molecule has 0 aliphatic carbocycles. The van der Waals surface area contributed by atoms with Crippen molar-refractivity contribution in [3.05, 3.63) is 128 Å². The highest BCUT2D eigenvalue weighted by atomic mass is 16.2. The number of hydrogen-bond acceptors (Lipinski definition) is 5. The molecule has 0 amide bonds. The van der Waals surface area contributed by atoms with Crippen molar-refractivity contribution >= 4 is 11.5 Å². The molecule has 0 aliphatic heterocycles. The van der Waals surface area contributed by atoms with Crippen LogP contribution in [0.5, 0.6) is 0 Å². The minimum Gasteiger partial charge on any atom is -0.383 e. The average Bonchev–Trinajstić information content (AvgIpc) is 2.83. The Balaban J connectivity index is 1.82. The molecule has 33 heavy (non-hydrogen) atoms. The Morgan fingerprint density at radius 3 is 2.12 bits per heavy atom. The summed E-state index contributed by atoms with van der Waals surface area (Å²) >= 11 is 0. The number of nitrogens with two attached hydrogens (primary N) is 1. The van der Waals surface area contributed by atoms with Gasteiger partial charge in [-0.25, -0.2) is 4.79 Å². The van der Waals surface area contributed by atoms with Crippen molar-refractivity contribution in [2.45, 2.75) is 19.6 Å². The van der Waals surface area contributed by atoms with Crippen LogP contribution in [-0.4, -0.2) is 9.55 Å². The highest BCUT2D eigenvalue weighted by Gasteiger charge is 2.20. The Kier molecular flexibility index (Phi) is 6.37. The largest absolute Gasteiger partial charge is 0.383 e. The lowest BCUT2D eigenvalue weighted by Crippen LogP contribution is -2.38. The van der Waals surface area contributed by atoms with Crippen LogP contribution in [-0.2, 0) is 19.6 Å². The monoisotopic (exact) mass is 437 g/mol. The third-order valence-electron chi connectivity index (χ3n) is 5.43. The predicted molar refractivity (Wildman–Crippen MR) is 129 cm³/mol. The summed E-state index contributed by atoms with van der Waals surface area (Å²) in [5.74, 6) is 0.0815. The van der Waals surface area contributed by atoms with Crippen molar-refractivity contribution in [1.29, 1.82) is 5.26 Å². The zero-order valence-electron chi connectivity index (χ0n) is 17.9. The van der Waals surface area contributed by atoms with E-state index in [0.29, 0.717) is 12.1 Å². The van der Waals surface area contributed by atoms with Crippen LogP contribution in [0.4, 0.5) is 11.5 Å². The van der Waals surface area contributed by atoms with Crippen molar-refractivity contribution in [2.24, 2.45) is 0 Å². The van der Waals surface area contributed by atoms with Crippen LogP contribution in [0, 0.1) is 11.3 Å². The third kappa shape index (κ3) is 4.86. The van der Waals surface area contributed by atoms with Gasteiger partial charge in [-0.1, -0.05) is 78.9 Å². The summed E-state index contributed by atoms with van der Waals surface area (Å²) in [6, 6.07) is 28.5. The van der Waals surface area contributed by atoms with Crippen LogP contribution >= 0.6 is 0 Å². The molecule has 1 aromatic heterocycles. The molecule has 3 aromatic carbocycles. The number of hydrogen-bond donors (Lipinski definition) is 2. The van der Waals surface area contributed by atoms with Gasteiger partial charge in [-0.15, -0.1) is 0 Å². The first kappa shape index (κ1) is 21.7. The number of anilines is 2. The van der Waals surface area contributed by atoms with Gasteiger partial charge in [0.2, 0.25) is 0 Å². The van der Waals surface area contributed by atoms with E-state index in [1.54, 1.807) is 17.0 Å². The molecule has 0 radical (unpaired) electrons. The summed E-state index contributed by atoms with van der Waals surface area (Å²) in [7, 11) is 0. The second-order valence-corrected chi connectivity index (χ2v) is 7.68. The first-order valence-electron chi connectivity index (χ1n) is 10.5. The van der Waals surface area contributed by atoms with Crippen molar-refractivity contribution in [3.63, 3.8) is 0 Å². The fraction of sp³-hybridized carbons (Fsp3) is 0.115. The van der Waals surface area contributed by atoms with Gasteiger partial charge in [0.25, 0.3) is 5.56 Å². The lowest BCUT2D eigenvalue weighted by Gasteiger charge is -2.27. The molecule has 0 saturated heterocycles. The molecule has 0 bridgehead atoms. The second kappa shape index (κ2) is 9.71. The number of benzene rings is 3. The molecule has 4 aromatic rings. The van der Waals surface area contributed by atoms with Gasteiger partial charge in [0.05, 0.1) is 18.2 Å². The molecule has 0 aliphatic rings. The van der Waals surface area contributed by atoms with E-state index in [2.05, 4.69) is 11.1 Å². The average molecular weight is 438 g/mol. The normalized spacial score (nSPS) is 10.5. The number of nitriles is 1. The van der Waals surface area contributed by atoms with E-state index in [9.17, 15) is 14.9 Å². The molecule has 4 rings (SSSR count). The van der Waals surface area contributed by atoms with Crippen LogP contribution < -0.4 is 21.9 Å². The molecule has 0 spiro atoms. The number of rotatable bonds is 7. The Hall–Kier alpha value is -4.57. The molecule has 3 N–H and O–H groups in total. The van der Waals surface area contributed by atoms with Gasteiger partial charge in [-0.05, 0) is 22.8 Å².